The standard InChI is InChI=1S/C17H16N2O5/c1-11-3-7-14(8-4-11)18-16(20)12(2)24-17(21)13-5-9-15(10-6-13)19(22)23/h3-10,12H,1-2H3,(H,18,20)/t12-/m1/s1. The van der Waals surface area contributed by atoms with Gasteiger partial charge in [-0.25, -0.2) is 4.79 Å². The fourth-order valence-corrected chi connectivity index (χ4v) is 1.88. The first-order valence-electron chi connectivity index (χ1n) is 7.20. The van der Waals surface area contributed by atoms with Gasteiger partial charge in [0.15, 0.2) is 6.10 Å². The third kappa shape index (κ3) is 4.39. The number of nitro benzene ring substituents is 1. The summed E-state index contributed by atoms with van der Waals surface area (Å²) in [5.74, 6) is -1.19. The van der Waals surface area contributed by atoms with Crippen LogP contribution >= 0.6 is 0 Å². The lowest BCUT2D eigenvalue weighted by Gasteiger charge is -2.13. The molecule has 0 spiro atoms. The Hall–Kier alpha value is -3.22. The molecule has 0 radical (unpaired) electrons. The van der Waals surface area contributed by atoms with Crippen molar-refractivity contribution in [3.8, 4) is 0 Å². The van der Waals surface area contributed by atoms with Crippen molar-refractivity contribution < 1.29 is 19.2 Å². The number of aryl methyl sites for hydroxylation is 1. The average Bonchev–Trinajstić information content (AvgIpc) is 2.56. The molecule has 1 atom stereocenters. The summed E-state index contributed by atoms with van der Waals surface area (Å²) in [5, 5.41) is 13.2. The van der Waals surface area contributed by atoms with E-state index in [9.17, 15) is 19.7 Å². The number of amides is 1. The van der Waals surface area contributed by atoms with E-state index in [0.717, 1.165) is 5.56 Å². The van der Waals surface area contributed by atoms with Gasteiger partial charge in [0.25, 0.3) is 11.6 Å². The molecule has 0 fully saturated rings. The van der Waals surface area contributed by atoms with Crippen LogP contribution in [0.4, 0.5) is 11.4 Å². The Morgan fingerprint density at radius 3 is 2.21 bits per heavy atom. The summed E-state index contributed by atoms with van der Waals surface area (Å²) < 4.78 is 5.07. The Morgan fingerprint density at radius 1 is 1.08 bits per heavy atom. The van der Waals surface area contributed by atoms with Gasteiger partial charge in [0.2, 0.25) is 0 Å². The van der Waals surface area contributed by atoms with E-state index >= 15 is 0 Å². The Bertz CT molecular complexity index is 754. The van der Waals surface area contributed by atoms with Crippen molar-refractivity contribution in [1.82, 2.24) is 0 Å². The van der Waals surface area contributed by atoms with Crippen LogP contribution in [0.5, 0.6) is 0 Å². The number of anilines is 1. The maximum absolute atomic E-state index is 12.0. The van der Waals surface area contributed by atoms with Gasteiger partial charge in [-0.1, -0.05) is 17.7 Å². The van der Waals surface area contributed by atoms with E-state index in [-0.39, 0.29) is 11.3 Å². The van der Waals surface area contributed by atoms with Gasteiger partial charge in [-0.2, -0.15) is 0 Å². The van der Waals surface area contributed by atoms with Gasteiger partial charge in [0, 0.05) is 17.8 Å². The molecular weight excluding hydrogens is 312 g/mol. The number of hydrogen-bond donors (Lipinski definition) is 1. The minimum absolute atomic E-state index is 0.128. The van der Waals surface area contributed by atoms with Crippen molar-refractivity contribution in [3.05, 3.63) is 69.8 Å². The molecule has 0 bridgehead atoms. The van der Waals surface area contributed by atoms with Crippen LogP contribution in [0.3, 0.4) is 0 Å². The molecule has 2 rings (SSSR count). The molecule has 0 aliphatic carbocycles. The normalized spacial score (nSPS) is 11.4. The molecule has 0 aromatic heterocycles. The maximum Gasteiger partial charge on any atom is 0.338 e. The molecule has 0 aliphatic rings. The van der Waals surface area contributed by atoms with Crippen molar-refractivity contribution in [3.63, 3.8) is 0 Å². The van der Waals surface area contributed by atoms with Gasteiger partial charge in [-0.05, 0) is 38.1 Å². The molecule has 2 aromatic carbocycles. The van der Waals surface area contributed by atoms with E-state index in [1.54, 1.807) is 12.1 Å². The van der Waals surface area contributed by atoms with Crippen LogP contribution in [0.15, 0.2) is 48.5 Å². The van der Waals surface area contributed by atoms with Gasteiger partial charge in [-0.3, -0.25) is 14.9 Å². The fraction of sp³-hybridized carbons (Fsp3) is 0.176. The number of rotatable bonds is 5. The van der Waals surface area contributed by atoms with Crippen molar-refractivity contribution in [1.29, 1.82) is 0 Å². The number of benzene rings is 2. The monoisotopic (exact) mass is 328 g/mol. The quantitative estimate of drug-likeness (QED) is 0.516. The Morgan fingerprint density at radius 2 is 1.67 bits per heavy atom. The summed E-state index contributed by atoms with van der Waals surface area (Å²) >= 11 is 0. The number of nitrogens with one attached hydrogen (secondary N) is 1. The number of carbonyl (C=O) groups is 2. The van der Waals surface area contributed by atoms with Gasteiger partial charge >= 0.3 is 5.97 Å². The molecule has 24 heavy (non-hydrogen) atoms. The number of hydrogen-bond acceptors (Lipinski definition) is 5. The number of carbonyl (C=O) groups excluding carboxylic acids is 2. The molecule has 0 saturated carbocycles. The van der Waals surface area contributed by atoms with Gasteiger partial charge in [0.1, 0.15) is 0 Å². The summed E-state index contributed by atoms with van der Waals surface area (Å²) in [6.45, 7) is 3.38. The van der Waals surface area contributed by atoms with Gasteiger partial charge in [-0.15, -0.1) is 0 Å². The first-order chi connectivity index (χ1) is 11.4. The maximum atomic E-state index is 12.0. The molecule has 0 heterocycles. The fourth-order valence-electron chi connectivity index (χ4n) is 1.88. The first kappa shape index (κ1) is 17.1. The lowest BCUT2D eigenvalue weighted by molar-refractivity contribution is -0.384. The summed E-state index contributed by atoms with van der Waals surface area (Å²) in [4.78, 5) is 34.0. The minimum atomic E-state index is -1.01. The molecule has 124 valence electrons. The highest BCUT2D eigenvalue weighted by molar-refractivity contribution is 5.97. The molecule has 0 aliphatic heterocycles. The van der Waals surface area contributed by atoms with Crippen molar-refractivity contribution in [2.75, 3.05) is 5.32 Å². The summed E-state index contributed by atoms with van der Waals surface area (Å²) in [6.07, 6.45) is -1.01. The third-order valence-electron chi connectivity index (χ3n) is 3.29. The van der Waals surface area contributed by atoms with Crippen LogP contribution in [-0.2, 0) is 9.53 Å². The van der Waals surface area contributed by atoms with E-state index < -0.39 is 22.9 Å². The third-order valence-corrected chi connectivity index (χ3v) is 3.29. The van der Waals surface area contributed by atoms with E-state index in [1.807, 2.05) is 19.1 Å². The number of nitrogens with zero attached hydrogens (tertiary/aromatic N) is 1. The van der Waals surface area contributed by atoms with Crippen LogP contribution < -0.4 is 5.32 Å². The Labute approximate surface area is 138 Å². The summed E-state index contributed by atoms with van der Waals surface area (Å²) in [5.41, 5.74) is 1.67. The molecule has 0 saturated heterocycles. The number of ether oxygens (including phenoxy) is 1. The van der Waals surface area contributed by atoms with Crippen LogP contribution in [0.25, 0.3) is 0 Å². The SMILES string of the molecule is Cc1ccc(NC(=O)[C@@H](C)OC(=O)c2ccc([N+](=O)[O-])cc2)cc1. The lowest BCUT2D eigenvalue weighted by atomic mass is 10.2. The zero-order valence-corrected chi connectivity index (χ0v) is 13.2. The average molecular weight is 328 g/mol. The predicted molar refractivity (Wildman–Crippen MR) is 87.8 cm³/mol. The topological polar surface area (TPSA) is 98.5 Å². The molecular formula is C17H16N2O5. The van der Waals surface area contributed by atoms with Crippen LogP contribution in [0, 0.1) is 17.0 Å². The predicted octanol–water partition coefficient (Wildman–Crippen LogP) is 3.09. The molecule has 1 amide bonds. The zero-order chi connectivity index (χ0) is 17.7. The van der Waals surface area contributed by atoms with Crippen molar-refractivity contribution in [2.24, 2.45) is 0 Å². The number of nitro groups is 1. The molecule has 7 nitrogen and oxygen atoms in total. The number of esters is 1. The first-order valence-corrected chi connectivity index (χ1v) is 7.20. The summed E-state index contributed by atoms with van der Waals surface area (Å²) in [6, 6.07) is 12.2. The second-order valence-electron chi connectivity index (χ2n) is 5.21. The van der Waals surface area contributed by atoms with E-state index in [1.165, 1.54) is 31.2 Å². The van der Waals surface area contributed by atoms with Crippen molar-refractivity contribution >= 4 is 23.3 Å². The highest BCUT2D eigenvalue weighted by atomic mass is 16.6. The summed E-state index contributed by atoms with van der Waals surface area (Å²) in [7, 11) is 0. The second-order valence-corrected chi connectivity index (χ2v) is 5.21. The van der Waals surface area contributed by atoms with Crippen molar-refractivity contribution in [2.45, 2.75) is 20.0 Å². The van der Waals surface area contributed by atoms with Crippen LogP contribution in [0.2, 0.25) is 0 Å². The smallest absolute Gasteiger partial charge is 0.338 e. The Kier molecular flexibility index (Phi) is 5.26. The van der Waals surface area contributed by atoms with Gasteiger partial charge < -0.3 is 10.1 Å². The van der Waals surface area contributed by atoms with Crippen LogP contribution in [-0.4, -0.2) is 22.9 Å². The lowest BCUT2D eigenvalue weighted by Crippen LogP contribution is -2.30. The highest BCUT2D eigenvalue weighted by Crippen LogP contribution is 2.14. The van der Waals surface area contributed by atoms with Crippen LogP contribution in [0.1, 0.15) is 22.8 Å². The largest absolute Gasteiger partial charge is 0.449 e. The minimum Gasteiger partial charge on any atom is -0.449 e. The molecule has 0 unspecified atom stereocenters. The Balaban J connectivity index is 1.96. The van der Waals surface area contributed by atoms with E-state index in [0.29, 0.717) is 5.69 Å². The highest BCUT2D eigenvalue weighted by Gasteiger charge is 2.19. The van der Waals surface area contributed by atoms with Gasteiger partial charge in [0.05, 0.1) is 10.5 Å². The molecule has 7 heteroatoms. The zero-order valence-electron chi connectivity index (χ0n) is 13.2. The second kappa shape index (κ2) is 7.36. The number of non-ortho nitro benzene ring substituents is 1. The molecule has 2 aromatic rings. The molecule has 1 N–H and O–H groups in total. The van der Waals surface area contributed by atoms with E-state index in [2.05, 4.69) is 5.32 Å². The van der Waals surface area contributed by atoms with E-state index in [4.69, 9.17) is 4.74 Å².